The molecule has 3 aromatic rings. The molecule has 0 amide bonds. The third-order valence-corrected chi connectivity index (χ3v) is 10.5. The van der Waals surface area contributed by atoms with Crippen LogP contribution in [0.25, 0.3) is 22.9 Å². The first kappa shape index (κ1) is 29.3. The minimum Gasteiger partial charge on any atom is -0.481 e. The maximum atomic E-state index is 12.7. The van der Waals surface area contributed by atoms with Crippen molar-refractivity contribution in [2.75, 3.05) is 54.3 Å². The molecule has 1 atom stereocenters. The lowest BCUT2D eigenvalue weighted by atomic mass is 9.80. The molecule has 3 fully saturated rings. The summed E-state index contributed by atoms with van der Waals surface area (Å²) in [6, 6.07) is 7.03. The van der Waals surface area contributed by atoms with Gasteiger partial charge in [0.05, 0.1) is 16.7 Å². The topological polar surface area (TPSA) is 167 Å². The summed E-state index contributed by atoms with van der Waals surface area (Å²) in [5.74, 6) is 0.891. The summed E-state index contributed by atoms with van der Waals surface area (Å²) in [6.45, 7) is 5.81. The number of carboxylic acid groups (broad SMARTS) is 1. The van der Waals surface area contributed by atoms with Crippen LogP contribution in [-0.4, -0.2) is 84.7 Å². The summed E-state index contributed by atoms with van der Waals surface area (Å²) in [5.41, 5.74) is 1.46. The average molecular weight is 611 g/mol. The van der Waals surface area contributed by atoms with Crippen LogP contribution in [0.3, 0.4) is 0 Å². The van der Waals surface area contributed by atoms with Crippen LogP contribution in [0, 0.1) is 11.3 Å². The molecule has 14 heteroatoms. The minimum atomic E-state index is -3.48. The van der Waals surface area contributed by atoms with Gasteiger partial charge in [-0.3, -0.25) is 9.52 Å². The van der Waals surface area contributed by atoms with E-state index in [9.17, 15) is 18.3 Å². The van der Waals surface area contributed by atoms with Crippen molar-refractivity contribution in [1.82, 2.24) is 25.5 Å². The highest BCUT2D eigenvalue weighted by atomic mass is 32.2. The van der Waals surface area contributed by atoms with Gasteiger partial charge in [0.1, 0.15) is 17.5 Å². The van der Waals surface area contributed by atoms with Gasteiger partial charge in [0.25, 0.3) is 5.89 Å². The summed E-state index contributed by atoms with van der Waals surface area (Å²) < 4.78 is 34.2. The predicted molar refractivity (Wildman–Crippen MR) is 162 cm³/mol. The highest BCUT2D eigenvalue weighted by Crippen LogP contribution is 2.38. The van der Waals surface area contributed by atoms with Crippen molar-refractivity contribution in [2.24, 2.45) is 11.3 Å². The molecule has 3 aliphatic rings. The van der Waals surface area contributed by atoms with Crippen molar-refractivity contribution in [3.05, 3.63) is 30.5 Å². The van der Waals surface area contributed by atoms with Crippen LogP contribution < -0.4 is 19.8 Å². The Balaban J connectivity index is 1.28. The summed E-state index contributed by atoms with van der Waals surface area (Å²) in [4.78, 5) is 24.9. The van der Waals surface area contributed by atoms with Gasteiger partial charge in [0, 0.05) is 44.5 Å². The fraction of sp³-hybridized carbons (Fsp3) is 0.552. The maximum Gasteiger partial charge on any atom is 0.308 e. The molecule has 3 aromatic heterocycles. The van der Waals surface area contributed by atoms with Gasteiger partial charge in [-0.2, -0.15) is 0 Å². The second-order valence-corrected chi connectivity index (χ2v) is 14.1. The van der Waals surface area contributed by atoms with Gasteiger partial charge in [0.15, 0.2) is 0 Å². The van der Waals surface area contributed by atoms with Gasteiger partial charge < -0.3 is 24.6 Å². The van der Waals surface area contributed by atoms with Crippen molar-refractivity contribution in [2.45, 2.75) is 50.7 Å². The number of aromatic nitrogens is 4. The van der Waals surface area contributed by atoms with E-state index >= 15 is 0 Å². The molecule has 43 heavy (non-hydrogen) atoms. The van der Waals surface area contributed by atoms with Gasteiger partial charge in [0.2, 0.25) is 15.9 Å². The van der Waals surface area contributed by atoms with Gasteiger partial charge in [-0.15, -0.1) is 10.2 Å². The van der Waals surface area contributed by atoms with Gasteiger partial charge in [-0.25, -0.2) is 18.4 Å². The third-order valence-electron chi connectivity index (χ3n) is 8.70. The number of pyridine rings is 2. The van der Waals surface area contributed by atoms with E-state index in [-0.39, 0.29) is 22.4 Å². The van der Waals surface area contributed by atoms with Crippen LogP contribution in [0.5, 0.6) is 0 Å². The number of rotatable bonds is 10. The Morgan fingerprint density at radius 2 is 1.86 bits per heavy atom. The Morgan fingerprint density at radius 1 is 1.09 bits per heavy atom. The van der Waals surface area contributed by atoms with E-state index in [4.69, 9.17) is 9.40 Å². The zero-order valence-electron chi connectivity index (χ0n) is 24.5. The molecule has 0 bridgehead atoms. The normalized spacial score (nSPS) is 20.7. The van der Waals surface area contributed by atoms with Crippen molar-refractivity contribution in [1.29, 1.82) is 0 Å². The fourth-order valence-corrected chi connectivity index (χ4v) is 7.27. The molecule has 1 saturated carbocycles. The van der Waals surface area contributed by atoms with E-state index in [0.717, 1.165) is 45.4 Å². The summed E-state index contributed by atoms with van der Waals surface area (Å²) in [5, 5.41) is 21.1. The monoisotopic (exact) mass is 610 g/mol. The van der Waals surface area contributed by atoms with Gasteiger partial charge >= 0.3 is 5.97 Å². The van der Waals surface area contributed by atoms with Crippen LogP contribution in [0.15, 0.2) is 34.9 Å². The molecule has 0 aromatic carbocycles. The number of sulfonamides is 1. The quantitative estimate of drug-likeness (QED) is 0.307. The molecule has 230 valence electrons. The first-order valence-electron chi connectivity index (χ1n) is 14.8. The lowest BCUT2D eigenvalue weighted by Gasteiger charge is -2.40. The second-order valence-electron chi connectivity index (χ2n) is 12.2. The van der Waals surface area contributed by atoms with Crippen molar-refractivity contribution in [3.8, 4) is 22.9 Å². The molecule has 6 rings (SSSR count). The number of carboxylic acids is 1. The summed E-state index contributed by atoms with van der Waals surface area (Å²) in [7, 11) is -1.51. The molecule has 3 N–H and O–H groups in total. The Bertz CT molecular complexity index is 1580. The predicted octanol–water partition coefficient (Wildman–Crippen LogP) is 3.22. The zero-order valence-corrected chi connectivity index (χ0v) is 25.3. The standard InChI is InChI=1S/C29H38N8O5S/c1-29(18-30-2)10-14-36(15-11-29)25-22(7-8-23(32-25)35-43(40,41)21-5-6-21)27-34-33-26(42-27)19-9-12-31-24(16-19)37-13-3-4-20(17-37)28(38)39/h7-9,12,16,20-21,30H,3-6,10-11,13-15,17-18H2,1-2H3,(H,32,35)(H,38,39). The van der Waals surface area contributed by atoms with E-state index in [2.05, 4.69) is 37.0 Å². The van der Waals surface area contributed by atoms with Crippen molar-refractivity contribution >= 4 is 33.4 Å². The van der Waals surface area contributed by atoms with Gasteiger partial charge in [-0.05, 0) is 75.3 Å². The van der Waals surface area contributed by atoms with E-state index in [0.29, 0.717) is 54.5 Å². The van der Waals surface area contributed by atoms with Crippen molar-refractivity contribution < 1.29 is 22.7 Å². The Hall–Kier alpha value is -3.78. The smallest absolute Gasteiger partial charge is 0.308 e. The molecule has 2 aliphatic heterocycles. The van der Waals surface area contributed by atoms with Crippen LogP contribution in [-0.2, 0) is 14.8 Å². The first-order chi connectivity index (χ1) is 20.6. The largest absolute Gasteiger partial charge is 0.481 e. The highest BCUT2D eigenvalue weighted by Gasteiger charge is 2.37. The molecular formula is C29H38N8O5S. The SMILES string of the molecule is CNCC1(C)CCN(c2nc(NS(=O)(=O)C3CC3)ccc2-c2nnc(-c3ccnc(N4CCCC(C(=O)O)C4)c3)o2)CC1. The lowest BCUT2D eigenvalue weighted by molar-refractivity contribution is -0.141. The van der Waals surface area contributed by atoms with E-state index < -0.39 is 21.9 Å². The molecular weight excluding hydrogens is 572 g/mol. The highest BCUT2D eigenvalue weighted by molar-refractivity contribution is 7.93. The molecule has 2 saturated heterocycles. The van der Waals surface area contributed by atoms with Crippen LogP contribution >= 0.6 is 0 Å². The lowest BCUT2D eigenvalue weighted by Crippen LogP contribution is -2.43. The van der Waals surface area contributed by atoms with Gasteiger partial charge in [-0.1, -0.05) is 6.92 Å². The Kier molecular flexibility index (Phi) is 7.98. The molecule has 13 nitrogen and oxygen atoms in total. The van der Waals surface area contributed by atoms with E-state index in [1.807, 2.05) is 18.0 Å². The van der Waals surface area contributed by atoms with Crippen LogP contribution in [0.2, 0.25) is 0 Å². The minimum absolute atomic E-state index is 0.159. The van der Waals surface area contributed by atoms with E-state index in [1.165, 1.54) is 0 Å². The summed E-state index contributed by atoms with van der Waals surface area (Å²) >= 11 is 0. The molecule has 5 heterocycles. The number of nitrogens with one attached hydrogen (secondary N) is 2. The average Bonchev–Trinajstić information content (AvgIpc) is 3.76. The number of anilines is 3. The Morgan fingerprint density at radius 3 is 2.58 bits per heavy atom. The molecule has 0 spiro atoms. The molecule has 0 radical (unpaired) electrons. The number of piperidine rings is 2. The number of aliphatic carboxylic acids is 1. The molecule has 1 unspecified atom stereocenters. The number of hydrogen-bond acceptors (Lipinski definition) is 11. The maximum absolute atomic E-state index is 12.7. The van der Waals surface area contributed by atoms with Crippen LogP contribution in [0.1, 0.15) is 45.4 Å². The Labute approximate surface area is 251 Å². The van der Waals surface area contributed by atoms with E-state index in [1.54, 1.807) is 24.4 Å². The summed E-state index contributed by atoms with van der Waals surface area (Å²) in [6.07, 6.45) is 6.30. The third kappa shape index (κ3) is 6.44. The zero-order chi connectivity index (χ0) is 30.2. The second kappa shape index (κ2) is 11.7. The van der Waals surface area contributed by atoms with Crippen molar-refractivity contribution in [3.63, 3.8) is 0 Å². The fourth-order valence-electron chi connectivity index (χ4n) is 5.94. The number of carbonyl (C=O) groups is 1. The molecule has 1 aliphatic carbocycles. The van der Waals surface area contributed by atoms with Crippen LogP contribution in [0.4, 0.5) is 17.5 Å². The first-order valence-corrected chi connectivity index (χ1v) is 16.4. The number of hydrogen-bond donors (Lipinski definition) is 3. The number of nitrogens with zero attached hydrogens (tertiary/aromatic N) is 6.